The zero-order valence-electron chi connectivity index (χ0n) is 19.2. The first-order valence-electron chi connectivity index (χ1n) is 10.7. The van der Waals surface area contributed by atoms with E-state index in [-0.39, 0.29) is 11.6 Å². The van der Waals surface area contributed by atoms with Gasteiger partial charge in [0, 0.05) is 23.4 Å². The van der Waals surface area contributed by atoms with Crippen LogP contribution in [0.25, 0.3) is 0 Å². The molecular weight excluding hydrogens is 562 g/mol. The van der Waals surface area contributed by atoms with Crippen molar-refractivity contribution in [3.8, 4) is 11.8 Å². The molecule has 1 aromatic heterocycles. The minimum atomic E-state index is -0.889. The van der Waals surface area contributed by atoms with Crippen LogP contribution in [0.3, 0.4) is 0 Å². The third-order valence-corrected chi connectivity index (χ3v) is 6.33. The van der Waals surface area contributed by atoms with Gasteiger partial charge in [0.15, 0.2) is 0 Å². The van der Waals surface area contributed by atoms with Crippen molar-refractivity contribution in [2.24, 2.45) is 0 Å². The van der Waals surface area contributed by atoms with Crippen LogP contribution in [0, 0.1) is 17.0 Å². The Morgan fingerprint density at radius 1 is 1.03 bits per heavy atom. The summed E-state index contributed by atoms with van der Waals surface area (Å²) in [5, 5.41) is 13.6. The fourth-order valence-electron chi connectivity index (χ4n) is 3.16. The number of hydrogen-bond acceptors (Lipinski definition) is 8. The fraction of sp³-hybridized carbons (Fsp3) is 0.0400. The van der Waals surface area contributed by atoms with Crippen molar-refractivity contribution in [2.45, 2.75) is 11.8 Å². The van der Waals surface area contributed by atoms with Gasteiger partial charge in [0.25, 0.3) is 11.6 Å². The van der Waals surface area contributed by atoms with Crippen molar-refractivity contribution >= 4 is 51.2 Å². The minimum Gasteiger partial charge on any atom is -0.424 e. The maximum Gasteiger partial charge on any atom is 0.339 e. The number of nitro benzene ring substituents is 1. The van der Waals surface area contributed by atoms with Crippen LogP contribution in [0.1, 0.15) is 15.9 Å². The normalized spacial score (nSPS) is 10.4. The monoisotopic (exact) mass is 579 g/mol. The van der Waals surface area contributed by atoms with Gasteiger partial charge in [-0.2, -0.15) is 0 Å². The summed E-state index contributed by atoms with van der Waals surface area (Å²) in [7, 11) is 0. The first kappa shape index (κ1) is 25.8. The molecule has 0 aliphatic rings. The number of hydrogen-bond donors (Lipinski definition) is 1. The number of carbonyl (C=O) groups excluding carboxylic acids is 2. The molecule has 10 nitrogen and oxygen atoms in total. The Bertz CT molecular complexity index is 1450. The average molecular weight is 580 g/mol. The van der Waals surface area contributed by atoms with Crippen LogP contribution in [-0.4, -0.2) is 26.8 Å². The van der Waals surface area contributed by atoms with Gasteiger partial charge in [0.1, 0.15) is 11.3 Å². The summed E-state index contributed by atoms with van der Waals surface area (Å²) < 4.78 is 7.75. The molecule has 0 bridgehead atoms. The van der Waals surface area contributed by atoms with Crippen LogP contribution < -0.4 is 14.4 Å². The second-order valence-electron chi connectivity index (χ2n) is 7.47. The summed E-state index contributed by atoms with van der Waals surface area (Å²) in [5.74, 6) is -0.410. The van der Waals surface area contributed by atoms with E-state index in [9.17, 15) is 19.7 Å². The van der Waals surface area contributed by atoms with Gasteiger partial charge in [-0.1, -0.05) is 30.3 Å². The first-order chi connectivity index (χ1) is 17.8. The van der Waals surface area contributed by atoms with Crippen LogP contribution in [-0.2, 0) is 0 Å². The van der Waals surface area contributed by atoms with Crippen LogP contribution in [0.5, 0.6) is 11.8 Å². The largest absolute Gasteiger partial charge is 0.424 e. The maximum atomic E-state index is 13.3. The average Bonchev–Trinajstić information content (AvgIpc) is 2.90. The molecule has 1 heterocycles. The molecule has 0 atom stereocenters. The molecule has 12 heteroatoms. The Hall–Kier alpha value is -4.29. The lowest BCUT2D eigenvalue weighted by molar-refractivity contribution is -0.385. The van der Waals surface area contributed by atoms with Crippen molar-refractivity contribution < 1.29 is 19.2 Å². The molecule has 0 saturated carbocycles. The van der Waals surface area contributed by atoms with E-state index in [2.05, 4.69) is 31.2 Å². The standard InChI is InChI=1S/C25H18BrN5O5S/c1-16-13-18(11-12-22(16)36-24-27-14-17(26)15-28-24)30(37-19-7-3-2-4-8-19)25(33)29-23(32)20-9-5-6-10-21(20)31(34)35/h2-15H,1H3,(H,29,32,33). The number of nitrogens with one attached hydrogen (secondary N) is 1. The highest BCUT2D eigenvalue weighted by Gasteiger charge is 2.25. The number of imide groups is 1. The van der Waals surface area contributed by atoms with E-state index in [1.807, 2.05) is 30.3 Å². The zero-order valence-corrected chi connectivity index (χ0v) is 21.6. The summed E-state index contributed by atoms with van der Waals surface area (Å²) in [5.41, 5.74) is 0.506. The molecule has 0 saturated heterocycles. The molecule has 0 radical (unpaired) electrons. The third-order valence-electron chi connectivity index (χ3n) is 4.88. The molecule has 4 aromatic rings. The summed E-state index contributed by atoms with van der Waals surface area (Å²) in [6.07, 6.45) is 3.12. The Kier molecular flexibility index (Phi) is 8.11. The molecular formula is C25H18BrN5O5S. The Morgan fingerprint density at radius 2 is 1.70 bits per heavy atom. The second-order valence-corrected chi connectivity index (χ2v) is 9.40. The lowest BCUT2D eigenvalue weighted by Gasteiger charge is -2.22. The smallest absolute Gasteiger partial charge is 0.339 e. The van der Waals surface area contributed by atoms with Gasteiger partial charge in [-0.25, -0.2) is 19.1 Å². The summed E-state index contributed by atoms with van der Waals surface area (Å²) in [6, 6.07) is 18.9. The van der Waals surface area contributed by atoms with E-state index in [0.29, 0.717) is 21.5 Å². The number of aromatic nitrogens is 2. The Labute approximate surface area is 224 Å². The number of rotatable bonds is 7. The van der Waals surface area contributed by atoms with E-state index in [4.69, 9.17) is 4.74 Å². The molecule has 0 spiro atoms. The molecule has 3 aromatic carbocycles. The van der Waals surface area contributed by atoms with Crippen molar-refractivity contribution in [2.75, 3.05) is 4.31 Å². The Balaban J connectivity index is 1.61. The summed E-state index contributed by atoms with van der Waals surface area (Å²) >= 11 is 4.35. The topological polar surface area (TPSA) is 128 Å². The van der Waals surface area contributed by atoms with Gasteiger partial charge >= 0.3 is 12.0 Å². The van der Waals surface area contributed by atoms with E-state index in [1.165, 1.54) is 28.6 Å². The third kappa shape index (κ3) is 6.48. The van der Waals surface area contributed by atoms with E-state index in [1.54, 1.807) is 37.5 Å². The number of nitro groups is 1. The number of aryl methyl sites for hydroxylation is 1. The number of nitrogens with zero attached hydrogens (tertiary/aromatic N) is 4. The summed E-state index contributed by atoms with van der Waals surface area (Å²) in [4.78, 5) is 45.7. The Morgan fingerprint density at radius 3 is 2.38 bits per heavy atom. The number of urea groups is 1. The van der Waals surface area contributed by atoms with Gasteiger partial charge in [-0.05, 0) is 76.8 Å². The molecule has 0 unspecified atom stereocenters. The SMILES string of the molecule is Cc1cc(N(Sc2ccccc2)C(=O)NC(=O)c2ccccc2[N+](=O)[O-])ccc1Oc1ncc(Br)cn1. The number of halogens is 1. The molecule has 1 N–H and O–H groups in total. The van der Waals surface area contributed by atoms with Gasteiger partial charge in [0.05, 0.1) is 15.1 Å². The number of benzene rings is 3. The molecule has 0 aliphatic heterocycles. The molecule has 4 rings (SSSR count). The van der Waals surface area contributed by atoms with Crippen LogP contribution in [0.15, 0.2) is 94.6 Å². The predicted molar refractivity (Wildman–Crippen MR) is 142 cm³/mol. The van der Waals surface area contributed by atoms with Gasteiger partial charge < -0.3 is 4.74 Å². The molecule has 0 aliphatic carbocycles. The highest BCUT2D eigenvalue weighted by molar-refractivity contribution is 9.10. The van der Waals surface area contributed by atoms with E-state index >= 15 is 0 Å². The minimum absolute atomic E-state index is 0.155. The van der Waals surface area contributed by atoms with E-state index < -0.39 is 22.5 Å². The zero-order chi connectivity index (χ0) is 26.4. The first-order valence-corrected chi connectivity index (χ1v) is 12.3. The van der Waals surface area contributed by atoms with Crippen LogP contribution in [0.2, 0.25) is 0 Å². The molecule has 37 heavy (non-hydrogen) atoms. The van der Waals surface area contributed by atoms with Crippen LogP contribution >= 0.6 is 27.9 Å². The number of carbonyl (C=O) groups is 2. The van der Waals surface area contributed by atoms with Crippen molar-refractivity contribution in [3.05, 3.63) is 111 Å². The molecule has 3 amide bonds. The van der Waals surface area contributed by atoms with Crippen LogP contribution in [0.4, 0.5) is 16.2 Å². The lowest BCUT2D eigenvalue weighted by Crippen LogP contribution is -2.39. The number of para-hydroxylation sites is 1. The number of ether oxygens (including phenoxy) is 1. The van der Waals surface area contributed by atoms with Crippen molar-refractivity contribution in [1.82, 2.24) is 15.3 Å². The lowest BCUT2D eigenvalue weighted by atomic mass is 10.1. The van der Waals surface area contributed by atoms with Gasteiger partial charge in [0.2, 0.25) is 0 Å². The van der Waals surface area contributed by atoms with Gasteiger partial charge in [-0.3, -0.25) is 20.2 Å². The number of amides is 3. The van der Waals surface area contributed by atoms with Crippen molar-refractivity contribution in [1.29, 1.82) is 0 Å². The summed E-state index contributed by atoms with van der Waals surface area (Å²) in [6.45, 7) is 1.79. The highest BCUT2D eigenvalue weighted by Crippen LogP contribution is 2.33. The maximum absolute atomic E-state index is 13.3. The highest BCUT2D eigenvalue weighted by atomic mass is 79.9. The fourth-order valence-corrected chi connectivity index (χ4v) is 4.21. The molecule has 186 valence electrons. The van der Waals surface area contributed by atoms with E-state index in [0.717, 1.165) is 16.8 Å². The van der Waals surface area contributed by atoms with Gasteiger partial charge in [-0.15, -0.1) is 0 Å². The predicted octanol–water partition coefficient (Wildman–Crippen LogP) is 6.31. The number of anilines is 1. The molecule has 0 fully saturated rings. The second kappa shape index (κ2) is 11.6. The quantitative estimate of drug-likeness (QED) is 0.153. The van der Waals surface area contributed by atoms with Crippen molar-refractivity contribution in [3.63, 3.8) is 0 Å².